The Balaban J connectivity index is 2.23. The minimum atomic E-state index is -2.88. The summed E-state index contributed by atoms with van der Waals surface area (Å²) in [7, 11) is 0. The summed E-state index contributed by atoms with van der Waals surface area (Å²) in [6, 6.07) is 4.07. The van der Waals surface area contributed by atoms with Gasteiger partial charge in [-0.25, -0.2) is 13.2 Å². The Morgan fingerprint density at radius 3 is 2.79 bits per heavy atom. The molecule has 1 aromatic carbocycles. The van der Waals surface area contributed by atoms with Crippen LogP contribution in [0.1, 0.15) is 11.5 Å². The van der Waals surface area contributed by atoms with Crippen molar-refractivity contribution in [2.45, 2.75) is 25.9 Å². The van der Waals surface area contributed by atoms with Gasteiger partial charge >= 0.3 is 0 Å². The Labute approximate surface area is 106 Å². The number of hydrogen-bond acceptors (Lipinski definition) is 4. The molecule has 0 saturated carbocycles. The highest BCUT2D eigenvalue weighted by molar-refractivity contribution is 5.59. The number of rotatable bonds is 4. The first-order valence-electron chi connectivity index (χ1n) is 5.52. The van der Waals surface area contributed by atoms with Gasteiger partial charge in [-0.15, -0.1) is 0 Å². The highest BCUT2D eigenvalue weighted by atomic mass is 19.3. The number of hydrogen-bond donors (Lipinski definition) is 1. The predicted molar refractivity (Wildman–Crippen MR) is 60.1 cm³/mol. The predicted octanol–water partition coefficient (Wildman–Crippen LogP) is 2.35. The fourth-order valence-electron chi connectivity index (χ4n) is 1.55. The van der Waals surface area contributed by atoms with Crippen molar-refractivity contribution >= 4 is 0 Å². The fourth-order valence-corrected chi connectivity index (χ4v) is 1.55. The van der Waals surface area contributed by atoms with E-state index in [0.717, 1.165) is 5.56 Å². The van der Waals surface area contributed by atoms with Crippen LogP contribution in [-0.2, 0) is 6.42 Å². The Morgan fingerprint density at radius 1 is 1.37 bits per heavy atom. The number of aryl methyl sites for hydroxylation is 1. The van der Waals surface area contributed by atoms with Crippen LogP contribution >= 0.6 is 0 Å². The monoisotopic (exact) mass is 272 g/mol. The van der Waals surface area contributed by atoms with Gasteiger partial charge in [0.1, 0.15) is 11.9 Å². The maximum atomic E-state index is 13.1. The summed E-state index contributed by atoms with van der Waals surface area (Å²) < 4.78 is 42.2. The maximum absolute atomic E-state index is 13.1. The molecule has 1 N–H and O–H groups in total. The van der Waals surface area contributed by atoms with Gasteiger partial charge in [-0.2, -0.15) is 4.98 Å². The molecule has 2 rings (SSSR count). The molecule has 1 atom stereocenters. The lowest BCUT2D eigenvalue weighted by Crippen LogP contribution is -2.20. The first-order valence-corrected chi connectivity index (χ1v) is 5.52. The smallest absolute Gasteiger partial charge is 0.264 e. The second-order valence-electron chi connectivity index (χ2n) is 4.08. The molecule has 0 fully saturated rings. The number of alkyl halides is 2. The zero-order chi connectivity index (χ0) is 14.0. The van der Waals surface area contributed by atoms with E-state index in [9.17, 15) is 13.2 Å². The van der Waals surface area contributed by atoms with Crippen LogP contribution in [0.5, 0.6) is 0 Å². The lowest BCUT2D eigenvalue weighted by Gasteiger charge is -2.04. The van der Waals surface area contributed by atoms with Crippen molar-refractivity contribution in [3.63, 3.8) is 0 Å². The van der Waals surface area contributed by atoms with Crippen molar-refractivity contribution < 1.29 is 22.8 Å². The molecular formula is C12H11F3N2O2. The molecular weight excluding hydrogens is 261 g/mol. The normalized spacial score (nSPS) is 12.9. The molecule has 102 valence electrons. The molecule has 0 aliphatic carbocycles. The van der Waals surface area contributed by atoms with E-state index in [0.29, 0.717) is 5.56 Å². The average Bonchev–Trinajstić information content (AvgIpc) is 2.80. The van der Waals surface area contributed by atoms with Crippen molar-refractivity contribution in [1.29, 1.82) is 0 Å². The number of aliphatic hydroxyl groups excluding tert-OH is 1. The van der Waals surface area contributed by atoms with Crippen LogP contribution in [0.3, 0.4) is 0 Å². The van der Waals surface area contributed by atoms with E-state index < -0.39 is 24.8 Å². The largest absolute Gasteiger partial charge is 0.387 e. The van der Waals surface area contributed by atoms with Gasteiger partial charge in [-0.1, -0.05) is 11.2 Å². The van der Waals surface area contributed by atoms with Gasteiger partial charge in [-0.3, -0.25) is 0 Å². The number of halogens is 3. The molecule has 1 unspecified atom stereocenters. The summed E-state index contributed by atoms with van der Waals surface area (Å²) in [5.41, 5.74) is 1.14. The van der Waals surface area contributed by atoms with E-state index in [-0.39, 0.29) is 11.7 Å². The Kier molecular flexibility index (Phi) is 3.84. The number of benzene rings is 1. The van der Waals surface area contributed by atoms with Crippen molar-refractivity contribution in [1.82, 2.24) is 10.1 Å². The SMILES string of the molecule is Cc1ccc(F)cc1-c1noc(CC(O)C(F)F)n1. The average molecular weight is 272 g/mol. The zero-order valence-corrected chi connectivity index (χ0v) is 9.98. The molecule has 1 aromatic heterocycles. The fraction of sp³-hybridized carbons (Fsp3) is 0.333. The van der Waals surface area contributed by atoms with E-state index in [1.54, 1.807) is 13.0 Å². The van der Waals surface area contributed by atoms with Crippen LogP contribution in [0.15, 0.2) is 22.7 Å². The molecule has 1 heterocycles. The van der Waals surface area contributed by atoms with Gasteiger partial charge in [0.2, 0.25) is 11.7 Å². The summed E-state index contributed by atoms with van der Waals surface area (Å²) in [5, 5.41) is 12.6. The maximum Gasteiger partial charge on any atom is 0.264 e. The summed E-state index contributed by atoms with van der Waals surface area (Å²) >= 11 is 0. The Morgan fingerprint density at radius 2 is 2.11 bits per heavy atom. The highest BCUT2D eigenvalue weighted by Crippen LogP contribution is 2.22. The molecule has 19 heavy (non-hydrogen) atoms. The molecule has 0 radical (unpaired) electrons. The number of aliphatic hydroxyl groups is 1. The van der Waals surface area contributed by atoms with Gasteiger partial charge < -0.3 is 9.63 Å². The van der Waals surface area contributed by atoms with Gasteiger partial charge in [0.25, 0.3) is 6.43 Å². The van der Waals surface area contributed by atoms with Crippen molar-refractivity contribution in [2.24, 2.45) is 0 Å². The topological polar surface area (TPSA) is 59.2 Å². The Bertz CT molecular complexity index is 572. The summed E-state index contributed by atoms with van der Waals surface area (Å²) in [4.78, 5) is 3.87. The minimum Gasteiger partial charge on any atom is -0.387 e. The molecule has 0 spiro atoms. The van der Waals surface area contributed by atoms with Gasteiger partial charge in [-0.05, 0) is 24.6 Å². The summed E-state index contributed by atoms with van der Waals surface area (Å²) in [6.07, 6.45) is -5.19. The van der Waals surface area contributed by atoms with E-state index in [2.05, 4.69) is 10.1 Å². The molecule has 2 aromatic rings. The number of nitrogens with zero attached hydrogens (tertiary/aromatic N) is 2. The van der Waals surface area contributed by atoms with Gasteiger partial charge in [0.05, 0.1) is 6.42 Å². The van der Waals surface area contributed by atoms with Gasteiger partial charge in [0.15, 0.2) is 0 Å². The third kappa shape index (κ3) is 3.11. The van der Waals surface area contributed by atoms with Crippen molar-refractivity contribution in [2.75, 3.05) is 0 Å². The Hall–Kier alpha value is -1.89. The van der Waals surface area contributed by atoms with Crippen LogP contribution < -0.4 is 0 Å². The molecule has 0 bridgehead atoms. The first-order chi connectivity index (χ1) is 8.97. The number of aromatic nitrogens is 2. The van der Waals surface area contributed by atoms with Crippen LogP contribution in [-0.4, -0.2) is 27.8 Å². The van der Waals surface area contributed by atoms with Crippen LogP contribution in [0.4, 0.5) is 13.2 Å². The van der Waals surface area contributed by atoms with Crippen LogP contribution in [0.2, 0.25) is 0 Å². The van der Waals surface area contributed by atoms with Crippen LogP contribution in [0, 0.1) is 12.7 Å². The third-order valence-corrected chi connectivity index (χ3v) is 2.58. The van der Waals surface area contributed by atoms with Crippen LogP contribution in [0.25, 0.3) is 11.4 Å². The molecule has 0 aliphatic heterocycles. The van der Waals surface area contributed by atoms with Crippen molar-refractivity contribution in [3.8, 4) is 11.4 Å². The second-order valence-corrected chi connectivity index (χ2v) is 4.08. The van der Waals surface area contributed by atoms with Crippen molar-refractivity contribution in [3.05, 3.63) is 35.5 Å². The summed E-state index contributed by atoms with van der Waals surface area (Å²) in [6.45, 7) is 1.73. The third-order valence-electron chi connectivity index (χ3n) is 2.58. The molecule has 7 heteroatoms. The van der Waals surface area contributed by atoms with E-state index in [1.807, 2.05) is 0 Å². The molecule has 0 saturated heterocycles. The summed E-state index contributed by atoms with van der Waals surface area (Å²) in [5.74, 6) is -0.473. The van der Waals surface area contributed by atoms with E-state index in [1.165, 1.54) is 12.1 Å². The van der Waals surface area contributed by atoms with Gasteiger partial charge in [0, 0.05) is 5.56 Å². The molecule has 0 amide bonds. The lowest BCUT2D eigenvalue weighted by atomic mass is 10.1. The second kappa shape index (κ2) is 5.40. The molecule has 0 aliphatic rings. The molecule has 4 nitrogen and oxygen atoms in total. The van der Waals surface area contributed by atoms with E-state index in [4.69, 9.17) is 9.63 Å². The lowest BCUT2D eigenvalue weighted by molar-refractivity contribution is -0.00754. The quantitative estimate of drug-likeness (QED) is 0.928. The highest BCUT2D eigenvalue weighted by Gasteiger charge is 2.21. The van der Waals surface area contributed by atoms with E-state index >= 15 is 0 Å². The minimum absolute atomic E-state index is 0.105. The zero-order valence-electron chi connectivity index (χ0n) is 9.98. The first kappa shape index (κ1) is 13.5. The standard InChI is InChI=1S/C12H11F3N2O2/c1-6-2-3-7(13)4-8(6)12-16-10(19-17-12)5-9(18)11(14)15/h2-4,9,11,18H,5H2,1H3.